The van der Waals surface area contributed by atoms with Gasteiger partial charge in [-0.2, -0.15) is 12.8 Å². The highest BCUT2D eigenvalue weighted by molar-refractivity contribution is 7.90. The molecule has 1 aliphatic rings. The SMILES string of the molecule is Cc1ccc(C)c(NC2=CC(=NS(=O)(=O)c3ccc(F)cc3)c3ccccc3C2=O)c1. The lowest BCUT2D eigenvalue weighted by atomic mass is 9.92. The van der Waals surface area contributed by atoms with Crippen LogP contribution in [0.2, 0.25) is 0 Å². The molecule has 0 spiro atoms. The van der Waals surface area contributed by atoms with Crippen LogP contribution in [0.3, 0.4) is 0 Å². The van der Waals surface area contributed by atoms with Crippen LogP contribution in [0.1, 0.15) is 27.0 Å². The fourth-order valence-corrected chi connectivity index (χ4v) is 4.30. The van der Waals surface area contributed by atoms with Crippen molar-refractivity contribution in [3.63, 3.8) is 0 Å². The first-order chi connectivity index (χ1) is 14.7. The lowest BCUT2D eigenvalue weighted by Gasteiger charge is -2.20. The first-order valence-electron chi connectivity index (χ1n) is 9.55. The number of hydrogen-bond donors (Lipinski definition) is 1. The van der Waals surface area contributed by atoms with Crippen molar-refractivity contribution >= 4 is 27.2 Å². The van der Waals surface area contributed by atoms with E-state index >= 15 is 0 Å². The summed E-state index contributed by atoms with van der Waals surface area (Å²) in [5.41, 5.74) is 3.84. The standard InChI is InChI=1S/C24H19FN2O3S/c1-15-7-8-16(2)21(13-15)26-23-14-22(19-5-3-4-6-20(19)24(23)28)27-31(29,30)18-11-9-17(25)10-12-18/h3-14,26H,1-2H3. The molecule has 0 fully saturated rings. The highest BCUT2D eigenvalue weighted by atomic mass is 32.2. The fourth-order valence-electron chi connectivity index (χ4n) is 3.30. The zero-order chi connectivity index (χ0) is 22.2. The Morgan fingerprint density at radius 3 is 2.29 bits per heavy atom. The molecule has 0 amide bonds. The Morgan fingerprint density at radius 1 is 0.903 bits per heavy atom. The third-order valence-electron chi connectivity index (χ3n) is 4.97. The van der Waals surface area contributed by atoms with Crippen LogP contribution in [0.5, 0.6) is 0 Å². The number of carbonyl (C=O) groups is 1. The van der Waals surface area contributed by atoms with Crippen LogP contribution in [0.4, 0.5) is 10.1 Å². The summed E-state index contributed by atoms with van der Waals surface area (Å²) in [5, 5.41) is 3.13. The lowest BCUT2D eigenvalue weighted by Crippen LogP contribution is -2.23. The molecule has 4 rings (SSSR count). The van der Waals surface area contributed by atoms with E-state index in [9.17, 15) is 17.6 Å². The highest BCUT2D eigenvalue weighted by Gasteiger charge is 2.26. The van der Waals surface area contributed by atoms with Crippen LogP contribution in [0.15, 0.2) is 87.8 Å². The summed E-state index contributed by atoms with van der Waals surface area (Å²) in [7, 11) is -4.11. The van der Waals surface area contributed by atoms with Gasteiger partial charge in [-0.15, -0.1) is 0 Å². The van der Waals surface area contributed by atoms with Gasteiger partial charge in [-0.1, -0.05) is 36.4 Å². The van der Waals surface area contributed by atoms with Gasteiger partial charge < -0.3 is 5.32 Å². The van der Waals surface area contributed by atoms with E-state index in [-0.39, 0.29) is 22.1 Å². The predicted molar refractivity (Wildman–Crippen MR) is 119 cm³/mol. The zero-order valence-electron chi connectivity index (χ0n) is 16.9. The Bertz CT molecular complexity index is 1360. The number of nitrogens with one attached hydrogen (secondary N) is 1. The molecule has 0 saturated heterocycles. The van der Waals surface area contributed by atoms with Crippen LogP contribution in [-0.4, -0.2) is 19.9 Å². The Labute approximate surface area is 180 Å². The minimum atomic E-state index is -4.11. The molecule has 1 aliphatic carbocycles. The molecule has 31 heavy (non-hydrogen) atoms. The number of aryl methyl sites for hydroxylation is 2. The molecule has 0 radical (unpaired) electrons. The van der Waals surface area contributed by atoms with E-state index in [1.807, 2.05) is 32.0 Å². The van der Waals surface area contributed by atoms with Crippen LogP contribution in [0.25, 0.3) is 0 Å². The summed E-state index contributed by atoms with van der Waals surface area (Å²) in [5.74, 6) is -0.797. The summed E-state index contributed by atoms with van der Waals surface area (Å²) < 4.78 is 42.8. The van der Waals surface area contributed by atoms with E-state index in [1.165, 1.54) is 6.08 Å². The van der Waals surface area contributed by atoms with E-state index in [2.05, 4.69) is 9.71 Å². The minimum Gasteiger partial charge on any atom is -0.352 e. The van der Waals surface area contributed by atoms with Crippen LogP contribution >= 0.6 is 0 Å². The molecular weight excluding hydrogens is 415 g/mol. The maximum atomic E-state index is 13.2. The van der Waals surface area contributed by atoms with Crippen molar-refractivity contribution in [1.29, 1.82) is 0 Å². The molecule has 0 bridgehead atoms. The molecule has 1 N–H and O–H groups in total. The molecule has 0 saturated carbocycles. The van der Waals surface area contributed by atoms with Crippen LogP contribution < -0.4 is 5.32 Å². The van der Waals surface area contributed by atoms with Crippen molar-refractivity contribution in [2.24, 2.45) is 4.40 Å². The fraction of sp³-hybridized carbons (Fsp3) is 0.0833. The molecule has 3 aromatic carbocycles. The number of hydrogen-bond acceptors (Lipinski definition) is 4. The smallest absolute Gasteiger partial charge is 0.282 e. The number of fused-ring (bicyclic) bond motifs is 1. The van der Waals surface area contributed by atoms with Gasteiger partial charge in [0.05, 0.1) is 16.3 Å². The van der Waals surface area contributed by atoms with Gasteiger partial charge >= 0.3 is 0 Å². The van der Waals surface area contributed by atoms with Gasteiger partial charge in [0.25, 0.3) is 10.0 Å². The number of sulfonamides is 1. The number of benzene rings is 3. The molecular formula is C24H19FN2O3S. The first-order valence-corrected chi connectivity index (χ1v) is 11.0. The van der Waals surface area contributed by atoms with E-state index in [1.54, 1.807) is 24.3 Å². The monoisotopic (exact) mass is 434 g/mol. The van der Waals surface area contributed by atoms with E-state index in [0.717, 1.165) is 41.1 Å². The number of Topliss-reactive ketones (excluding diaryl/α,β-unsaturated/α-hetero) is 1. The number of anilines is 1. The Balaban J connectivity index is 1.83. The average Bonchev–Trinajstić information content (AvgIpc) is 2.74. The highest BCUT2D eigenvalue weighted by Crippen LogP contribution is 2.26. The second-order valence-electron chi connectivity index (χ2n) is 7.28. The zero-order valence-corrected chi connectivity index (χ0v) is 17.7. The van der Waals surface area contributed by atoms with Crippen molar-refractivity contribution in [1.82, 2.24) is 0 Å². The van der Waals surface area contributed by atoms with Gasteiger partial charge in [-0.05, 0) is 61.4 Å². The van der Waals surface area contributed by atoms with E-state index < -0.39 is 15.8 Å². The second kappa shape index (κ2) is 7.92. The molecule has 3 aromatic rings. The van der Waals surface area contributed by atoms with Crippen molar-refractivity contribution < 1.29 is 17.6 Å². The minimum absolute atomic E-state index is 0.131. The van der Waals surface area contributed by atoms with Crippen LogP contribution in [-0.2, 0) is 10.0 Å². The number of carbonyl (C=O) groups excluding carboxylic acids is 1. The number of rotatable bonds is 4. The van der Waals surface area contributed by atoms with Gasteiger partial charge in [0.2, 0.25) is 5.78 Å². The topological polar surface area (TPSA) is 75.6 Å². The number of ketones is 1. The van der Waals surface area contributed by atoms with Crippen molar-refractivity contribution in [2.75, 3.05) is 5.32 Å². The lowest BCUT2D eigenvalue weighted by molar-refractivity contribution is 0.103. The first kappa shape index (κ1) is 20.7. The molecule has 7 heteroatoms. The second-order valence-corrected chi connectivity index (χ2v) is 8.89. The Hall–Kier alpha value is -3.58. The van der Waals surface area contributed by atoms with Crippen LogP contribution in [0, 0.1) is 19.7 Å². The van der Waals surface area contributed by atoms with Gasteiger partial charge in [-0.3, -0.25) is 4.79 Å². The quantitative estimate of drug-likeness (QED) is 0.639. The Kier molecular flexibility index (Phi) is 5.29. The summed E-state index contributed by atoms with van der Waals surface area (Å²) in [6.07, 6.45) is 1.44. The number of nitrogens with zero attached hydrogens (tertiary/aromatic N) is 1. The summed E-state index contributed by atoms with van der Waals surface area (Å²) in [4.78, 5) is 12.9. The maximum Gasteiger partial charge on any atom is 0.282 e. The molecule has 0 aromatic heterocycles. The van der Waals surface area contributed by atoms with Gasteiger partial charge in [-0.25, -0.2) is 4.39 Å². The molecule has 0 heterocycles. The van der Waals surface area contributed by atoms with Gasteiger partial charge in [0, 0.05) is 16.8 Å². The summed E-state index contributed by atoms with van der Waals surface area (Å²) in [6.45, 7) is 3.86. The normalized spacial score (nSPS) is 14.9. The molecule has 0 atom stereocenters. The molecule has 0 aliphatic heterocycles. The largest absolute Gasteiger partial charge is 0.352 e. The van der Waals surface area contributed by atoms with Gasteiger partial charge in [0.1, 0.15) is 5.82 Å². The molecule has 156 valence electrons. The number of allylic oxidation sites excluding steroid dienone is 2. The Morgan fingerprint density at radius 2 is 1.58 bits per heavy atom. The van der Waals surface area contributed by atoms with Crippen molar-refractivity contribution in [3.8, 4) is 0 Å². The third kappa shape index (κ3) is 4.18. The van der Waals surface area contributed by atoms with Crippen molar-refractivity contribution in [3.05, 3.63) is 107 Å². The maximum absolute atomic E-state index is 13.2. The van der Waals surface area contributed by atoms with E-state index in [4.69, 9.17) is 0 Å². The molecule has 0 unspecified atom stereocenters. The summed E-state index contributed by atoms with van der Waals surface area (Å²) in [6, 6.07) is 17.0. The van der Waals surface area contributed by atoms with Crippen molar-refractivity contribution in [2.45, 2.75) is 18.7 Å². The number of halogens is 1. The van der Waals surface area contributed by atoms with Gasteiger partial charge in [0.15, 0.2) is 0 Å². The van der Waals surface area contributed by atoms with E-state index in [0.29, 0.717) is 11.1 Å². The molecule has 5 nitrogen and oxygen atoms in total. The predicted octanol–water partition coefficient (Wildman–Crippen LogP) is 4.81. The third-order valence-corrected chi connectivity index (χ3v) is 6.27. The summed E-state index contributed by atoms with van der Waals surface area (Å²) >= 11 is 0. The average molecular weight is 434 g/mol.